The van der Waals surface area contributed by atoms with Gasteiger partial charge in [0.2, 0.25) is 5.88 Å². The highest BCUT2D eigenvalue weighted by molar-refractivity contribution is 5.94. The number of benzene rings is 1. The van der Waals surface area contributed by atoms with Crippen molar-refractivity contribution in [3.63, 3.8) is 0 Å². The molecule has 3 N–H and O–H groups in total. The van der Waals surface area contributed by atoms with Crippen molar-refractivity contribution in [1.29, 1.82) is 0 Å². The van der Waals surface area contributed by atoms with Gasteiger partial charge in [-0.25, -0.2) is 9.97 Å². The first-order chi connectivity index (χ1) is 10.0. The Kier molecular flexibility index (Phi) is 4.37. The first-order valence-electron chi connectivity index (χ1n) is 6.59. The summed E-state index contributed by atoms with van der Waals surface area (Å²) in [6.45, 7) is 6.36. The van der Waals surface area contributed by atoms with Crippen molar-refractivity contribution in [3.05, 3.63) is 47.4 Å². The highest BCUT2D eigenvalue weighted by Crippen LogP contribution is 2.25. The summed E-state index contributed by atoms with van der Waals surface area (Å²) in [5.41, 5.74) is 8.16. The molecule has 6 heteroatoms. The third-order valence-corrected chi connectivity index (χ3v) is 3.08. The number of ether oxygens (including phenoxy) is 1. The molecule has 0 unspecified atom stereocenters. The van der Waals surface area contributed by atoms with E-state index in [0.29, 0.717) is 17.5 Å². The van der Waals surface area contributed by atoms with Gasteiger partial charge in [-0.2, -0.15) is 0 Å². The predicted octanol–water partition coefficient (Wildman–Crippen LogP) is 2.80. The standard InChI is InChI=1S/C15H18N4O2/c1-9(2)12-5-4-11(6-10(12)3)21-14-8-17-13(7-18-14)15(16)19-20/h4-9,20H,1-3H3,(H2,16,19). The molecule has 0 amide bonds. The van der Waals surface area contributed by atoms with Gasteiger partial charge in [0.15, 0.2) is 5.84 Å². The van der Waals surface area contributed by atoms with E-state index in [4.69, 9.17) is 15.7 Å². The van der Waals surface area contributed by atoms with Gasteiger partial charge < -0.3 is 15.7 Å². The topological polar surface area (TPSA) is 93.6 Å². The van der Waals surface area contributed by atoms with Crippen LogP contribution in [0.25, 0.3) is 0 Å². The molecule has 0 fully saturated rings. The molecule has 0 saturated carbocycles. The maximum absolute atomic E-state index is 8.56. The van der Waals surface area contributed by atoms with Crippen LogP contribution in [-0.2, 0) is 0 Å². The first kappa shape index (κ1) is 14.8. The number of amidine groups is 1. The van der Waals surface area contributed by atoms with Crippen molar-refractivity contribution >= 4 is 5.84 Å². The van der Waals surface area contributed by atoms with Crippen LogP contribution in [0.3, 0.4) is 0 Å². The van der Waals surface area contributed by atoms with E-state index in [9.17, 15) is 0 Å². The fraction of sp³-hybridized carbons (Fsp3) is 0.267. The van der Waals surface area contributed by atoms with E-state index in [0.717, 1.165) is 0 Å². The first-order valence-corrected chi connectivity index (χ1v) is 6.59. The SMILES string of the molecule is Cc1cc(Oc2cnc(C(N)=NO)cn2)ccc1C(C)C. The van der Waals surface area contributed by atoms with Crippen LogP contribution in [0.2, 0.25) is 0 Å². The second-order valence-electron chi connectivity index (χ2n) is 5.00. The van der Waals surface area contributed by atoms with E-state index < -0.39 is 0 Å². The third-order valence-electron chi connectivity index (χ3n) is 3.08. The minimum Gasteiger partial charge on any atom is -0.437 e. The van der Waals surface area contributed by atoms with Gasteiger partial charge in [0.1, 0.15) is 11.4 Å². The second kappa shape index (κ2) is 6.21. The molecule has 0 aliphatic heterocycles. The lowest BCUT2D eigenvalue weighted by Gasteiger charge is -2.11. The molecule has 2 aromatic rings. The average molecular weight is 286 g/mol. The number of oxime groups is 1. The minimum atomic E-state index is -0.0915. The van der Waals surface area contributed by atoms with Crippen molar-refractivity contribution < 1.29 is 9.94 Å². The van der Waals surface area contributed by atoms with Gasteiger partial charge in [-0.3, -0.25) is 0 Å². The largest absolute Gasteiger partial charge is 0.437 e. The Morgan fingerprint density at radius 3 is 2.57 bits per heavy atom. The van der Waals surface area contributed by atoms with Crippen LogP contribution in [0.4, 0.5) is 0 Å². The zero-order valence-electron chi connectivity index (χ0n) is 12.2. The van der Waals surface area contributed by atoms with Crippen LogP contribution in [0.15, 0.2) is 35.7 Å². The Hall–Kier alpha value is -2.63. The predicted molar refractivity (Wildman–Crippen MR) is 79.9 cm³/mol. The summed E-state index contributed by atoms with van der Waals surface area (Å²) in [5, 5.41) is 11.4. The maximum atomic E-state index is 8.56. The van der Waals surface area contributed by atoms with Gasteiger partial charge >= 0.3 is 0 Å². The van der Waals surface area contributed by atoms with Crippen LogP contribution in [0.1, 0.15) is 36.6 Å². The molecule has 110 valence electrons. The lowest BCUT2D eigenvalue weighted by molar-refractivity contribution is 0.318. The number of hydrogen-bond donors (Lipinski definition) is 2. The van der Waals surface area contributed by atoms with Crippen LogP contribution in [0, 0.1) is 6.92 Å². The molecule has 1 heterocycles. The van der Waals surface area contributed by atoms with Crippen molar-refractivity contribution in [1.82, 2.24) is 9.97 Å². The quantitative estimate of drug-likeness (QED) is 0.390. The van der Waals surface area contributed by atoms with E-state index in [1.165, 1.54) is 23.5 Å². The second-order valence-corrected chi connectivity index (χ2v) is 5.00. The monoisotopic (exact) mass is 286 g/mol. The van der Waals surface area contributed by atoms with E-state index in [1.54, 1.807) is 0 Å². The molecule has 0 saturated heterocycles. The van der Waals surface area contributed by atoms with Crippen molar-refractivity contribution in [2.75, 3.05) is 0 Å². The number of aromatic nitrogens is 2. The Bertz CT molecular complexity index is 651. The molecule has 21 heavy (non-hydrogen) atoms. The summed E-state index contributed by atoms with van der Waals surface area (Å²) >= 11 is 0. The normalized spacial score (nSPS) is 11.7. The zero-order valence-corrected chi connectivity index (χ0v) is 12.2. The highest BCUT2D eigenvalue weighted by Gasteiger charge is 2.07. The van der Waals surface area contributed by atoms with Crippen LogP contribution < -0.4 is 10.5 Å². The van der Waals surface area contributed by atoms with E-state index in [2.05, 4.69) is 35.9 Å². The molecular formula is C15H18N4O2. The van der Waals surface area contributed by atoms with Crippen LogP contribution in [0.5, 0.6) is 11.6 Å². The molecule has 1 aromatic heterocycles. The Morgan fingerprint density at radius 2 is 2.05 bits per heavy atom. The van der Waals surface area contributed by atoms with E-state index in [-0.39, 0.29) is 11.5 Å². The van der Waals surface area contributed by atoms with Gasteiger partial charge in [0, 0.05) is 0 Å². The number of rotatable bonds is 4. The molecular weight excluding hydrogens is 268 g/mol. The average Bonchev–Trinajstić information content (AvgIpc) is 2.47. The molecule has 6 nitrogen and oxygen atoms in total. The lowest BCUT2D eigenvalue weighted by Crippen LogP contribution is -2.15. The van der Waals surface area contributed by atoms with Gasteiger partial charge in [-0.1, -0.05) is 25.1 Å². The Balaban J connectivity index is 2.17. The fourth-order valence-electron chi connectivity index (χ4n) is 2.03. The summed E-state index contributed by atoms with van der Waals surface area (Å²) < 4.78 is 5.65. The number of hydrogen-bond acceptors (Lipinski definition) is 5. The summed E-state index contributed by atoms with van der Waals surface area (Å²) in [5.74, 6) is 1.42. The number of nitrogens with zero attached hydrogens (tertiary/aromatic N) is 3. The zero-order chi connectivity index (χ0) is 15.4. The summed E-state index contributed by atoms with van der Waals surface area (Å²) in [4.78, 5) is 8.08. The van der Waals surface area contributed by atoms with Crippen molar-refractivity contribution in [2.24, 2.45) is 10.9 Å². The summed E-state index contributed by atoms with van der Waals surface area (Å²) in [7, 11) is 0. The Labute approximate surface area is 123 Å². The van der Waals surface area contributed by atoms with E-state index >= 15 is 0 Å². The third kappa shape index (κ3) is 3.47. The van der Waals surface area contributed by atoms with Gasteiger partial charge in [-0.05, 0) is 36.1 Å². The number of nitrogens with two attached hydrogens (primary N) is 1. The minimum absolute atomic E-state index is 0.0915. The molecule has 2 rings (SSSR count). The van der Waals surface area contributed by atoms with Gasteiger partial charge in [0.25, 0.3) is 0 Å². The molecule has 0 atom stereocenters. The number of aryl methyl sites for hydroxylation is 1. The van der Waals surface area contributed by atoms with E-state index in [1.807, 2.05) is 18.2 Å². The van der Waals surface area contributed by atoms with Crippen LogP contribution >= 0.6 is 0 Å². The molecule has 0 spiro atoms. The Morgan fingerprint density at radius 1 is 1.29 bits per heavy atom. The summed E-state index contributed by atoms with van der Waals surface area (Å²) in [6.07, 6.45) is 2.82. The molecule has 1 aromatic carbocycles. The lowest BCUT2D eigenvalue weighted by atomic mass is 9.98. The van der Waals surface area contributed by atoms with Gasteiger partial charge in [-0.15, -0.1) is 0 Å². The van der Waals surface area contributed by atoms with Crippen LogP contribution in [-0.4, -0.2) is 21.0 Å². The van der Waals surface area contributed by atoms with Crippen molar-refractivity contribution in [3.8, 4) is 11.6 Å². The smallest absolute Gasteiger partial charge is 0.237 e. The molecule has 0 radical (unpaired) electrons. The maximum Gasteiger partial charge on any atom is 0.237 e. The fourth-order valence-corrected chi connectivity index (χ4v) is 2.03. The highest BCUT2D eigenvalue weighted by atomic mass is 16.5. The van der Waals surface area contributed by atoms with Crippen molar-refractivity contribution in [2.45, 2.75) is 26.7 Å². The van der Waals surface area contributed by atoms with Gasteiger partial charge in [0.05, 0.1) is 12.4 Å². The molecule has 0 bridgehead atoms. The molecule has 0 aliphatic rings. The molecule has 0 aliphatic carbocycles. The summed E-state index contributed by atoms with van der Waals surface area (Å²) in [6, 6.07) is 5.92.